The predicted molar refractivity (Wildman–Crippen MR) is 93.1 cm³/mol. The van der Waals surface area contributed by atoms with E-state index in [1.807, 2.05) is 36.7 Å². The second-order valence-corrected chi connectivity index (χ2v) is 5.69. The molecule has 0 aliphatic carbocycles. The maximum Gasteiger partial charge on any atom is 0.247 e. The van der Waals surface area contributed by atoms with Crippen molar-refractivity contribution in [2.75, 3.05) is 5.32 Å². The van der Waals surface area contributed by atoms with Crippen LogP contribution in [0.15, 0.2) is 55.4 Å². The van der Waals surface area contributed by atoms with Crippen LogP contribution < -0.4 is 5.32 Å². The van der Waals surface area contributed by atoms with Gasteiger partial charge in [-0.25, -0.2) is 4.98 Å². The lowest BCUT2D eigenvalue weighted by atomic mass is 10.1. The molecular formula is C16H12IN3O. The summed E-state index contributed by atoms with van der Waals surface area (Å²) in [5.74, 6) is -0.218. The zero-order valence-corrected chi connectivity index (χ0v) is 13.2. The molecule has 0 aliphatic rings. The average Bonchev–Trinajstić information content (AvgIpc) is 2.96. The van der Waals surface area contributed by atoms with Crippen LogP contribution in [0.5, 0.6) is 0 Å². The molecule has 4 nitrogen and oxygen atoms in total. The van der Waals surface area contributed by atoms with E-state index in [0.717, 1.165) is 31.4 Å². The monoisotopic (exact) mass is 389 g/mol. The van der Waals surface area contributed by atoms with Crippen LogP contribution in [0.4, 0.5) is 5.69 Å². The Kier molecular flexibility index (Phi) is 3.74. The number of H-pyrrole nitrogens is 1. The molecule has 0 bridgehead atoms. The number of fused-ring (bicyclic) bond motifs is 1. The summed E-state index contributed by atoms with van der Waals surface area (Å²) in [6.45, 7) is 3.47. The van der Waals surface area contributed by atoms with E-state index in [9.17, 15) is 4.79 Å². The molecule has 0 unspecified atom stereocenters. The lowest BCUT2D eigenvalue weighted by Gasteiger charge is -2.08. The SMILES string of the molecule is C=CC(=O)Nc1cc(-c2cnc3[nH]ccc3c2)ccc1I. The van der Waals surface area contributed by atoms with Crippen molar-refractivity contribution < 1.29 is 4.79 Å². The minimum Gasteiger partial charge on any atom is -0.346 e. The van der Waals surface area contributed by atoms with E-state index in [1.54, 1.807) is 0 Å². The smallest absolute Gasteiger partial charge is 0.247 e. The van der Waals surface area contributed by atoms with E-state index in [-0.39, 0.29) is 5.91 Å². The number of carbonyl (C=O) groups excluding carboxylic acids is 1. The molecule has 0 saturated heterocycles. The number of aromatic nitrogens is 2. The Balaban J connectivity index is 2.03. The third-order valence-corrected chi connectivity index (χ3v) is 4.08. The first-order valence-electron chi connectivity index (χ1n) is 6.34. The van der Waals surface area contributed by atoms with E-state index in [1.165, 1.54) is 6.08 Å². The molecule has 0 atom stereocenters. The third kappa shape index (κ3) is 2.82. The molecule has 3 rings (SSSR count). The zero-order chi connectivity index (χ0) is 14.8. The van der Waals surface area contributed by atoms with Gasteiger partial charge in [-0.3, -0.25) is 4.79 Å². The van der Waals surface area contributed by atoms with Gasteiger partial charge in [-0.15, -0.1) is 0 Å². The van der Waals surface area contributed by atoms with Gasteiger partial charge in [0.1, 0.15) is 5.65 Å². The van der Waals surface area contributed by atoms with Crippen molar-refractivity contribution in [2.45, 2.75) is 0 Å². The van der Waals surface area contributed by atoms with E-state index in [2.05, 4.69) is 50.5 Å². The van der Waals surface area contributed by atoms with Crippen LogP contribution >= 0.6 is 22.6 Å². The van der Waals surface area contributed by atoms with Gasteiger partial charge >= 0.3 is 0 Å². The number of rotatable bonds is 3. The number of nitrogens with one attached hydrogen (secondary N) is 2. The molecule has 5 heteroatoms. The highest BCUT2D eigenvalue weighted by atomic mass is 127. The summed E-state index contributed by atoms with van der Waals surface area (Å²) in [7, 11) is 0. The van der Waals surface area contributed by atoms with Crippen LogP contribution in [0.1, 0.15) is 0 Å². The van der Waals surface area contributed by atoms with Crippen molar-refractivity contribution in [3.8, 4) is 11.1 Å². The van der Waals surface area contributed by atoms with Crippen molar-refractivity contribution in [1.29, 1.82) is 0 Å². The first-order chi connectivity index (χ1) is 10.2. The molecular weight excluding hydrogens is 377 g/mol. The maximum absolute atomic E-state index is 11.5. The standard InChI is InChI=1S/C16H12IN3O/c1-2-15(21)20-14-8-10(3-4-13(14)17)12-7-11-5-6-18-16(11)19-9-12/h2-9H,1H2,(H,18,19)(H,20,21). The number of hydrogen-bond acceptors (Lipinski definition) is 2. The van der Waals surface area contributed by atoms with E-state index in [0.29, 0.717) is 0 Å². The van der Waals surface area contributed by atoms with Gasteiger partial charge < -0.3 is 10.3 Å². The van der Waals surface area contributed by atoms with Crippen LogP contribution in [-0.4, -0.2) is 15.9 Å². The molecule has 1 amide bonds. The fourth-order valence-electron chi connectivity index (χ4n) is 2.08. The molecule has 1 aromatic carbocycles. The summed E-state index contributed by atoms with van der Waals surface area (Å²) in [4.78, 5) is 18.9. The van der Waals surface area contributed by atoms with E-state index >= 15 is 0 Å². The molecule has 0 fully saturated rings. The van der Waals surface area contributed by atoms with Crippen LogP contribution in [0.3, 0.4) is 0 Å². The van der Waals surface area contributed by atoms with Crippen LogP contribution in [0.2, 0.25) is 0 Å². The molecule has 0 aliphatic heterocycles. The van der Waals surface area contributed by atoms with Crippen molar-refractivity contribution in [2.24, 2.45) is 0 Å². The van der Waals surface area contributed by atoms with Gasteiger partial charge in [0.2, 0.25) is 5.91 Å². The number of pyridine rings is 1. The predicted octanol–water partition coefficient (Wildman–Crippen LogP) is 3.96. The Morgan fingerprint density at radius 2 is 2.14 bits per heavy atom. The Hall–Kier alpha value is -2.15. The number of anilines is 1. The fourth-order valence-corrected chi connectivity index (χ4v) is 2.55. The summed E-state index contributed by atoms with van der Waals surface area (Å²) >= 11 is 2.19. The Morgan fingerprint density at radius 1 is 1.29 bits per heavy atom. The van der Waals surface area contributed by atoms with E-state index < -0.39 is 0 Å². The molecule has 3 aromatic rings. The molecule has 0 spiro atoms. The number of halogens is 1. The number of carbonyl (C=O) groups is 1. The minimum absolute atomic E-state index is 0.218. The molecule has 104 valence electrons. The van der Waals surface area contributed by atoms with Crippen molar-refractivity contribution in [1.82, 2.24) is 9.97 Å². The first-order valence-corrected chi connectivity index (χ1v) is 7.42. The number of benzene rings is 1. The van der Waals surface area contributed by atoms with Gasteiger partial charge in [0, 0.05) is 26.9 Å². The maximum atomic E-state index is 11.5. The highest BCUT2D eigenvalue weighted by molar-refractivity contribution is 14.1. The van der Waals surface area contributed by atoms with Crippen molar-refractivity contribution in [3.63, 3.8) is 0 Å². The zero-order valence-electron chi connectivity index (χ0n) is 11.1. The number of nitrogens with zero attached hydrogens (tertiary/aromatic N) is 1. The average molecular weight is 389 g/mol. The summed E-state index contributed by atoms with van der Waals surface area (Å²) in [6.07, 6.45) is 4.95. The Labute approximate surface area is 135 Å². The molecule has 2 N–H and O–H groups in total. The van der Waals surface area contributed by atoms with Gasteiger partial charge in [-0.1, -0.05) is 12.6 Å². The molecule has 2 heterocycles. The second kappa shape index (κ2) is 5.69. The summed E-state index contributed by atoms with van der Waals surface area (Å²) in [5.41, 5.74) is 3.65. The molecule has 2 aromatic heterocycles. The summed E-state index contributed by atoms with van der Waals surface area (Å²) < 4.78 is 0.974. The Bertz CT molecular complexity index is 838. The van der Waals surface area contributed by atoms with Gasteiger partial charge in [0.15, 0.2) is 0 Å². The van der Waals surface area contributed by atoms with Gasteiger partial charge in [-0.05, 0) is 58.5 Å². The lowest BCUT2D eigenvalue weighted by Crippen LogP contribution is -2.08. The van der Waals surface area contributed by atoms with Gasteiger partial charge in [-0.2, -0.15) is 0 Å². The lowest BCUT2D eigenvalue weighted by molar-refractivity contribution is -0.111. The first kappa shape index (κ1) is 13.8. The molecule has 0 radical (unpaired) electrons. The largest absolute Gasteiger partial charge is 0.346 e. The highest BCUT2D eigenvalue weighted by Gasteiger charge is 2.07. The second-order valence-electron chi connectivity index (χ2n) is 4.53. The van der Waals surface area contributed by atoms with Gasteiger partial charge in [0.25, 0.3) is 0 Å². The van der Waals surface area contributed by atoms with Crippen LogP contribution in [0.25, 0.3) is 22.2 Å². The minimum atomic E-state index is -0.218. The van der Waals surface area contributed by atoms with E-state index in [4.69, 9.17) is 0 Å². The third-order valence-electron chi connectivity index (χ3n) is 3.14. The molecule has 0 saturated carbocycles. The topological polar surface area (TPSA) is 57.8 Å². The van der Waals surface area contributed by atoms with Crippen LogP contribution in [-0.2, 0) is 4.79 Å². The summed E-state index contributed by atoms with van der Waals surface area (Å²) in [5, 5.41) is 3.87. The van der Waals surface area contributed by atoms with Crippen LogP contribution in [0, 0.1) is 3.57 Å². The van der Waals surface area contributed by atoms with Gasteiger partial charge in [0.05, 0.1) is 5.69 Å². The number of aromatic amines is 1. The quantitative estimate of drug-likeness (QED) is 0.526. The Morgan fingerprint density at radius 3 is 2.95 bits per heavy atom. The summed E-state index contributed by atoms with van der Waals surface area (Å²) in [6, 6.07) is 9.98. The normalized spacial score (nSPS) is 10.5. The fraction of sp³-hybridized carbons (Fsp3) is 0. The van der Waals surface area contributed by atoms with Crippen molar-refractivity contribution in [3.05, 3.63) is 59.0 Å². The van der Waals surface area contributed by atoms with Crippen molar-refractivity contribution >= 4 is 45.2 Å². The number of hydrogen-bond donors (Lipinski definition) is 2. The molecule has 21 heavy (non-hydrogen) atoms. The number of amides is 1. The highest BCUT2D eigenvalue weighted by Crippen LogP contribution is 2.28.